The van der Waals surface area contributed by atoms with E-state index in [9.17, 15) is 17.6 Å². The van der Waals surface area contributed by atoms with Crippen molar-refractivity contribution in [2.24, 2.45) is 5.92 Å². The van der Waals surface area contributed by atoms with Gasteiger partial charge in [0.05, 0.1) is 12.2 Å². The lowest BCUT2D eigenvalue weighted by Gasteiger charge is -2.26. The third kappa shape index (κ3) is 4.20. The maximum absolute atomic E-state index is 13.1. The molecule has 0 spiro atoms. The molecule has 5 heteroatoms. The van der Waals surface area contributed by atoms with Crippen LogP contribution in [0.5, 0.6) is 0 Å². The topological polar surface area (TPSA) is 9.23 Å². The molecule has 1 fully saturated rings. The van der Waals surface area contributed by atoms with Crippen LogP contribution in [0, 0.1) is 5.92 Å². The molecule has 1 aliphatic carbocycles. The monoisotopic (exact) mass is 226 g/mol. The molecule has 0 N–H and O–H groups in total. The second kappa shape index (κ2) is 4.96. The lowest BCUT2D eigenvalue weighted by atomic mass is 9.86. The first kappa shape index (κ1) is 12.5. The number of allylic oxidation sites excluding steroid dienone is 2. The van der Waals surface area contributed by atoms with E-state index in [-0.39, 0.29) is 12.2 Å². The predicted molar refractivity (Wildman–Crippen MR) is 48.0 cm³/mol. The van der Waals surface area contributed by atoms with Gasteiger partial charge in [-0.25, -0.2) is 4.39 Å². The molecule has 0 heterocycles. The average molecular weight is 226 g/mol. The Labute approximate surface area is 86.1 Å². The van der Waals surface area contributed by atoms with Crippen LogP contribution in [0.1, 0.15) is 25.7 Å². The van der Waals surface area contributed by atoms with Gasteiger partial charge in [-0.15, -0.1) is 0 Å². The van der Waals surface area contributed by atoms with Gasteiger partial charge >= 0.3 is 6.18 Å². The first-order chi connectivity index (χ1) is 6.92. The molecule has 0 aromatic carbocycles. The Morgan fingerprint density at radius 2 is 1.73 bits per heavy atom. The zero-order valence-electron chi connectivity index (χ0n) is 8.48. The summed E-state index contributed by atoms with van der Waals surface area (Å²) in [6.45, 7) is 0. The Kier molecular flexibility index (Phi) is 4.13. The van der Waals surface area contributed by atoms with E-state index >= 15 is 0 Å². The van der Waals surface area contributed by atoms with Gasteiger partial charge in [-0.05, 0) is 25.7 Å². The SMILES string of the molecule is COC1CCC(C(F)=CC(F)(F)F)CC1. The van der Waals surface area contributed by atoms with E-state index in [4.69, 9.17) is 4.74 Å². The van der Waals surface area contributed by atoms with Gasteiger partial charge < -0.3 is 4.74 Å². The largest absolute Gasteiger partial charge is 0.412 e. The Balaban J connectivity index is 2.50. The molecule has 1 aliphatic rings. The molecular formula is C10H14F4O. The molecule has 0 aromatic rings. The number of hydrogen-bond acceptors (Lipinski definition) is 1. The summed E-state index contributed by atoms with van der Waals surface area (Å²) in [6.07, 6.45) is -2.61. The first-order valence-electron chi connectivity index (χ1n) is 4.90. The summed E-state index contributed by atoms with van der Waals surface area (Å²) in [6, 6.07) is 0. The Morgan fingerprint density at radius 1 is 1.20 bits per heavy atom. The fourth-order valence-electron chi connectivity index (χ4n) is 1.85. The fraction of sp³-hybridized carbons (Fsp3) is 0.800. The van der Waals surface area contributed by atoms with E-state index in [0.29, 0.717) is 25.7 Å². The van der Waals surface area contributed by atoms with Crippen LogP contribution in [0.2, 0.25) is 0 Å². The van der Waals surface area contributed by atoms with Crippen molar-refractivity contribution < 1.29 is 22.3 Å². The summed E-state index contributed by atoms with van der Waals surface area (Å²) in [5.41, 5.74) is 0. The lowest BCUT2D eigenvalue weighted by Crippen LogP contribution is -2.21. The van der Waals surface area contributed by atoms with Gasteiger partial charge in [-0.2, -0.15) is 13.2 Å². The van der Waals surface area contributed by atoms with Crippen LogP contribution in [0.15, 0.2) is 11.9 Å². The van der Waals surface area contributed by atoms with Crippen LogP contribution in [-0.2, 0) is 4.74 Å². The van der Waals surface area contributed by atoms with Crippen molar-refractivity contribution in [1.29, 1.82) is 0 Å². The molecule has 0 saturated heterocycles. The summed E-state index contributed by atoms with van der Waals surface area (Å²) in [5, 5.41) is 0. The predicted octanol–water partition coefficient (Wildman–Crippen LogP) is 3.61. The molecule has 15 heavy (non-hydrogen) atoms. The van der Waals surface area contributed by atoms with E-state index < -0.39 is 17.9 Å². The van der Waals surface area contributed by atoms with Crippen molar-refractivity contribution >= 4 is 0 Å². The minimum Gasteiger partial charge on any atom is -0.381 e. The van der Waals surface area contributed by atoms with Gasteiger partial charge in [0.15, 0.2) is 0 Å². The smallest absolute Gasteiger partial charge is 0.381 e. The summed E-state index contributed by atoms with van der Waals surface area (Å²) >= 11 is 0. The number of methoxy groups -OCH3 is 1. The molecular weight excluding hydrogens is 212 g/mol. The molecule has 0 aliphatic heterocycles. The zero-order chi connectivity index (χ0) is 11.5. The highest BCUT2D eigenvalue weighted by atomic mass is 19.4. The minimum atomic E-state index is -4.55. The maximum atomic E-state index is 13.1. The van der Waals surface area contributed by atoms with Gasteiger partial charge in [0.25, 0.3) is 0 Å². The highest BCUT2D eigenvalue weighted by Gasteiger charge is 2.30. The van der Waals surface area contributed by atoms with Crippen LogP contribution >= 0.6 is 0 Å². The quantitative estimate of drug-likeness (QED) is 0.653. The second-order valence-corrected chi connectivity index (χ2v) is 3.78. The van der Waals surface area contributed by atoms with E-state index in [1.54, 1.807) is 7.11 Å². The molecule has 0 amide bonds. The molecule has 0 bridgehead atoms. The molecule has 1 rings (SSSR count). The van der Waals surface area contributed by atoms with Gasteiger partial charge in [-0.1, -0.05) is 0 Å². The molecule has 0 unspecified atom stereocenters. The Hall–Kier alpha value is -0.580. The average Bonchev–Trinajstić information content (AvgIpc) is 2.15. The van der Waals surface area contributed by atoms with Crippen molar-refractivity contribution in [3.05, 3.63) is 11.9 Å². The van der Waals surface area contributed by atoms with Gasteiger partial charge in [0.2, 0.25) is 0 Å². The molecule has 0 atom stereocenters. The minimum absolute atomic E-state index is 0.0694. The van der Waals surface area contributed by atoms with Crippen molar-refractivity contribution in [3.63, 3.8) is 0 Å². The van der Waals surface area contributed by atoms with Crippen LogP contribution in [0.3, 0.4) is 0 Å². The fourth-order valence-corrected chi connectivity index (χ4v) is 1.85. The summed E-state index contributed by atoms with van der Waals surface area (Å²) in [4.78, 5) is 0. The number of rotatable bonds is 2. The van der Waals surface area contributed by atoms with Crippen molar-refractivity contribution in [3.8, 4) is 0 Å². The maximum Gasteiger partial charge on any atom is 0.412 e. The van der Waals surface area contributed by atoms with E-state index in [0.717, 1.165) is 0 Å². The van der Waals surface area contributed by atoms with Crippen molar-refractivity contribution in [2.75, 3.05) is 7.11 Å². The van der Waals surface area contributed by atoms with Crippen molar-refractivity contribution in [2.45, 2.75) is 38.0 Å². The van der Waals surface area contributed by atoms with Crippen LogP contribution in [0.4, 0.5) is 17.6 Å². The number of halogens is 4. The van der Waals surface area contributed by atoms with Gasteiger partial charge in [0, 0.05) is 13.0 Å². The Bertz CT molecular complexity index is 226. The second-order valence-electron chi connectivity index (χ2n) is 3.78. The molecule has 1 saturated carbocycles. The third-order valence-corrected chi connectivity index (χ3v) is 2.70. The van der Waals surface area contributed by atoms with Crippen LogP contribution in [-0.4, -0.2) is 19.4 Å². The molecule has 88 valence electrons. The highest BCUT2D eigenvalue weighted by Crippen LogP contribution is 2.33. The van der Waals surface area contributed by atoms with Crippen molar-refractivity contribution in [1.82, 2.24) is 0 Å². The van der Waals surface area contributed by atoms with E-state index in [1.807, 2.05) is 0 Å². The van der Waals surface area contributed by atoms with E-state index in [1.165, 1.54) is 0 Å². The number of hydrogen-bond donors (Lipinski definition) is 0. The summed E-state index contributed by atoms with van der Waals surface area (Å²) < 4.78 is 53.8. The first-order valence-corrected chi connectivity index (χ1v) is 4.90. The summed E-state index contributed by atoms with van der Waals surface area (Å²) in [7, 11) is 1.56. The number of alkyl halides is 3. The van der Waals surface area contributed by atoms with Gasteiger partial charge in [0.1, 0.15) is 5.83 Å². The molecule has 0 radical (unpaired) electrons. The molecule has 0 aromatic heterocycles. The number of ether oxygens (including phenoxy) is 1. The standard InChI is InChI=1S/C10H14F4O/c1-15-8-4-2-7(3-5-8)9(11)6-10(12,13)14/h6-8H,2-5H2,1H3. The lowest BCUT2D eigenvalue weighted by molar-refractivity contribution is -0.0822. The normalized spacial score (nSPS) is 29.3. The Morgan fingerprint density at radius 3 is 2.13 bits per heavy atom. The van der Waals surface area contributed by atoms with Crippen LogP contribution < -0.4 is 0 Å². The third-order valence-electron chi connectivity index (χ3n) is 2.70. The summed E-state index contributed by atoms with van der Waals surface area (Å²) in [5.74, 6) is -1.63. The highest BCUT2D eigenvalue weighted by molar-refractivity contribution is 5.03. The molecule has 1 nitrogen and oxygen atoms in total. The van der Waals surface area contributed by atoms with E-state index in [2.05, 4.69) is 0 Å². The van der Waals surface area contributed by atoms with Crippen LogP contribution in [0.25, 0.3) is 0 Å². The van der Waals surface area contributed by atoms with Gasteiger partial charge in [-0.3, -0.25) is 0 Å². The zero-order valence-corrected chi connectivity index (χ0v) is 8.48.